The molecule has 2 rings (SSSR count). The summed E-state index contributed by atoms with van der Waals surface area (Å²) in [5, 5.41) is 0. The molecule has 92 valence electrons. The van der Waals surface area contributed by atoms with Crippen LogP contribution in [0.4, 0.5) is 0 Å². The van der Waals surface area contributed by atoms with Crippen molar-refractivity contribution in [2.75, 3.05) is 6.61 Å². The molecule has 1 heterocycles. The molecular formula is C13H18N2O2. The first-order valence-corrected chi connectivity index (χ1v) is 6.10. The van der Waals surface area contributed by atoms with Crippen molar-refractivity contribution >= 4 is 5.78 Å². The summed E-state index contributed by atoms with van der Waals surface area (Å²) in [7, 11) is 0. The third-order valence-corrected chi connectivity index (χ3v) is 3.21. The minimum atomic E-state index is -0.0475. The smallest absolute Gasteiger partial charge is 0.169 e. The number of ether oxygens (including phenoxy) is 1. The third-order valence-electron chi connectivity index (χ3n) is 3.21. The van der Waals surface area contributed by atoms with Gasteiger partial charge in [-0.15, -0.1) is 0 Å². The number of rotatable bonds is 4. The van der Waals surface area contributed by atoms with Crippen LogP contribution in [0.3, 0.4) is 0 Å². The van der Waals surface area contributed by atoms with Crippen LogP contribution in [0.2, 0.25) is 0 Å². The number of hydrogen-bond acceptors (Lipinski definition) is 4. The molecule has 0 amide bonds. The van der Waals surface area contributed by atoms with Crippen LogP contribution < -0.4 is 10.5 Å². The first kappa shape index (κ1) is 12.0. The summed E-state index contributed by atoms with van der Waals surface area (Å²) in [4.78, 5) is 16.3. The largest absolute Gasteiger partial charge is 0.492 e. The molecule has 0 aromatic carbocycles. The summed E-state index contributed by atoms with van der Waals surface area (Å²) >= 11 is 0. The van der Waals surface area contributed by atoms with Crippen molar-refractivity contribution in [1.29, 1.82) is 0 Å². The van der Waals surface area contributed by atoms with E-state index in [1.807, 2.05) is 6.92 Å². The fourth-order valence-corrected chi connectivity index (χ4v) is 2.33. The van der Waals surface area contributed by atoms with E-state index in [4.69, 9.17) is 10.5 Å². The van der Waals surface area contributed by atoms with Crippen molar-refractivity contribution in [3.05, 3.63) is 24.0 Å². The number of ketones is 1. The van der Waals surface area contributed by atoms with E-state index in [0.29, 0.717) is 17.9 Å². The van der Waals surface area contributed by atoms with Crippen LogP contribution >= 0.6 is 0 Å². The summed E-state index contributed by atoms with van der Waals surface area (Å²) in [6, 6.07) is 1.75. The van der Waals surface area contributed by atoms with E-state index in [-0.39, 0.29) is 17.7 Å². The van der Waals surface area contributed by atoms with Gasteiger partial charge in [0.1, 0.15) is 5.75 Å². The maximum absolute atomic E-state index is 12.2. The summed E-state index contributed by atoms with van der Waals surface area (Å²) in [6.45, 7) is 2.48. The predicted octanol–water partition coefficient (Wildman–Crippen LogP) is 1.79. The lowest BCUT2D eigenvalue weighted by Crippen LogP contribution is -2.30. The second kappa shape index (κ2) is 5.27. The molecule has 1 aliphatic carbocycles. The summed E-state index contributed by atoms with van der Waals surface area (Å²) in [5.74, 6) is 0.697. The maximum atomic E-state index is 12.2. The molecule has 17 heavy (non-hydrogen) atoms. The van der Waals surface area contributed by atoms with Crippen LogP contribution in [0.25, 0.3) is 0 Å². The topological polar surface area (TPSA) is 65.2 Å². The van der Waals surface area contributed by atoms with E-state index in [2.05, 4.69) is 4.98 Å². The van der Waals surface area contributed by atoms with Crippen LogP contribution in [0, 0.1) is 5.92 Å². The lowest BCUT2D eigenvalue weighted by atomic mass is 9.94. The molecule has 1 saturated carbocycles. The van der Waals surface area contributed by atoms with E-state index in [9.17, 15) is 4.79 Å². The van der Waals surface area contributed by atoms with Crippen molar-refractivity contribution in [1.82, 2.24) is 4.98 Å². The molecule has 2 N–H and O–H groups in total. The molecule has 1 aliphatic rings. The van der Waals surface area contributed by atoms with Crippen molar-refractivity contribution in [3.63, 3.8) is 0 Å². The number of carbonyl (C=O) groups excluding carboxylic acids is 1. The molecule has 2 atom stereocenters. The van der Waals surface area contributed by atoms with E-state index >= 15 is 0 Å². The third kappa shape index (κ3) is 2.64. The van der Waals surface area contributed by atoms with Gasteiger partial charge in [0.05, 0.1) is 12.8 Å². The van der Waals surface area contributed by atoms with Crippen LogP contribution in [-0.2, 0) is 0 Å². The number of nitrogens with zero attached hydrogens (tertiary/aromatic N) is 1. The zero-order valence-corrected chi connectivity index (χ0v) is 10.1. The van der Waals surface area contributed by atoms with Gasteiger partial charge in [0.2, 0.25) is 0 Å². The number of aromatic nitrogens is 1. The zero-order chi connectivity index (χ0) is 12.3. The Morgan fingerprint density at radius 2 is 2.35 bits per heavy atom. The quantitative estimate of drug-likeness (QED) is 0.807. The average Bonchev–Trinajstić information content (AvgIpc) is 2.75. The molecule has 0 saturated heterocycles. The Hall–Kier alpha value is -1.42. The Morgan fingerprint density at radius 1 is 1.53 bits per heavy atom. The van der Waals surface area contributed by atoms with Crippen LogP contribution in [0.1, 0.15) is 36.5 Å². The minimum Gasteiger partial charge on any atom is -0.492 e. The first-order chi connectivity index (χ1) is 8.22. The SMILES string of the molecule is CCOc1cncc(C(=O)C2CCCC2N)c1. The number of Topliss-reactive ketones (excluding diaryl/α,β-unsaturated/α-hetero) is 1. The Bertz CT molecular complexity index is 406. The molecule has 1 aromatic rings. The predicted molar refractivity (Wildman–Crippen MR) is 65.1 cm³/mol. The minimum absolute atomic E-state index is 0.00162. The molecule has 0 spiro atoms. The lowest BCUT2D eigenvalue weighted by molar-refractivity contribution is 0.0912. The van der Waals surface area contributed by atoms with Gasteiger partial charge in [-0.05, 0) is 25.8 Å². The van der Waals surface area contributed by atoms with Gasteiger partial charge in [-0.2, -0.15) is 0 Å². The Morgan fingerprint density at radius 3 is 3.00 bits per heavy atom. The van der Waals surface area contributed by atoms with Gasteiger partial charge in [-0.25, -0.2) is 0 Å². The molecule has 0 bridgehead atoms. The van der Waals surface area contributed by atoms with Gasteiger partial charge in [0.25, 0.3) is 0 Å². The van der Waals surface area contributed by atoms with Crippen molar-refractivity contribution in [3.8, 4) is 5.75 Å². The molecule has 1 aromatic heterocycles. The van der Waals surface area contributed by atoms with E-state index in [1.165, 1.54) is 0 Å². The summed E-state index contributed by atoms with van der Waals surface area (Å²) in [6.07, 6.45) is 6.08. The highest BCUT2D eigenvalue weighted by Gasteiger charge is 2.31. The van der Waals surface area contributed by atoms with Gasteiger partial charge >= 0.3 is 0 Å². The van der Waals surface area contributed by atoms with Gasteiger partial charge in [-0.1, -0.05) is 6.42 Å². The van der Waals surface area contributed by atoms with E-state index in [1.54, 1.807) is 18.5 Å². The van der Waals surface area contributed by atoms with Crippen LogP contribution in [0.5, 0.6) is 5.75 Å². The fourth-order valence-electron chi connectivity index (χ4n) is 2.33. The van der Waals surface area contributed by atoms with Gasteiger partial charge < -0.3 is 10.5 Å². The molecule has 0 radical (unpaired) electrons. The fraction of sp³-hybridized carbons (Fsp3) is 0.538. The highest BCUT2D eigenvalue weighted by Crippen LogP contribution is 2.28. The zero-order valence-electron chi connectivity index (χ0n) is 10.1. The molecule has 0 aliphatic heterocycles. The Balaban J connectivity index is 2.15. The highest BCUT2D eigenvalue weighted by molar-refractivity contribution is 5.98. The standard InChI is InChI=1S/C13H18N2O2/c1-2-17-10-6-9(7-15-8-10)13(16)11-4-3-5-12(11)14/h6-8,11-12H,2-5,14H2,1H3. The number of nitrogens with two attached hydrogens (primary N) is 1. The van der Waals surface area contributed by atoms with Crippen molar-refractivity contribution in [2.45, 2.75) is 32.2 Å². The second-order valence-corrected chi connectivity index (χ2v) is 4.41. The first-order valence-electron chi connectivity index (χ1n) is 6.10. The molecule has 2 unspecified atom stereocenters. The van der Waals surface area contributed by atoms with Crippen LogP contribution in [-0.4, -0.2) is 23.4 Å². The average molecular weight is 234 g/mol. The van der Waals surface area contributed by atoms with Crippen molar-refractivity contribution in [2.24, 2.45) is 11.7 Å². The number of carbonyl (C=O) groups is 1. The molecule has 1 fully saturated rings. The van der Waals surface area contributed by atoms with Gasteiger partial charge in [0, 0.05) is 23.7 Å². The Labute approximate surface area is 101 Å². The molecule has 4 nitrogen and oxygen atoms in total. The summed E-state index contributed by atoms with van der Waals surface area (Å²) < 4.78 is 5.34. The summed E-state index contributed by atoms with van der Waals surface area (Å²) in [5.41, 5.74) is 6.55. The Kier molecular flexibility index (Phi) is 3.74. The monoisotopic (exact) mass is 234 g/mol. The molecular weight excluding hydrogens is 216 g/mol. The van der Waals surface area contributed by atoms with Crippen molar-refractivity contribution < 1.29 is 9.53 Å². The normalized spacial score (nSPS) is 23.6. The van der Waals surface area contributed by atoms with E-state index < -0.39 is 0 Å². The lowest BCUT2D eigenvalue weighted by Gasteiger charge is -2.14. The van der Waals surface area contributed by atoms with E-state index in [0.717, 1.165) is 19.3 Å². The maximum Gasteiger partial charge on any atom is 0.169 e. The number of hydrogen-bond donors (Lipinski definition) is 1. The van der Waals surface area contributed by atoms with Crippen LogP contribution in [0.15, 0.2) is 18.5 Å². The molecule has 4 heteroatoms. The second-order valence-electron chi connectivity index (χ2n) is 4.41. The number of pyridine rings is 1. The van der Waals surface area contributed by atoms with Gasteiger partial charge in [-0.3, -0.25) is 9.78 Å². The van der Waals surface area contributed by atoms with Gasteiger partial charge in [0.15, 0.2) is 5.78 Å². The highest BCUT2D eigenvalue weighted by atomic mass is 16.5.